The molecule has 3 rings (SSSR count). The molecule has 0 atom stereocenters. The monoisotopic (exact) mass is 365 g/mol. The van der Waals surface area contributed by atoms with Gasteiger partial charge in [0.2, 0.25) is 11.8 Å². The van der Waals surface area contributed by atoms with E-state index in [-0.39, 0.29) is 11.8 Å². The third-order valence-corrected chi connectivity index (χ3v) is 5.27. The van der Waals surface area contributed by atoms with Gasteiger partial charge in [0.25, 0.3) is 0 Å². The minimum Gasteiger partial charge on any atom is -0.372 e. The Morgan fingerprint density at radius 1 is 0.926 bits per heavy atom. The predicted octanol–water partition coefficient (Wildman–Crippen LogP) is 4.20. The number of para-hydroxylation sites is 1. The molecule has 27 heavy (non-hydrogen) atoms. The van der Waals surface area contributed by atoms with Crippen molar-refractivity contribution in [2.24, 2.45) is 5.41 Å². The van der Waals surface area contributed by atoms with Crippen molar-refractivity contribution in [1.29, 1.82) is 0 Å². The molecule has 0 spiro atoms. The predicted molar refractivity (Wildman–Crippen MR) is 110 cm³/mol. The summed E-state index contributed by atoms with van der Waals surface area (Å²) in [5.74, 6) is -0.460. The fourth-order valence-electron chi connectivity index (χ4n) is 3.23. The van der Waals surface area contributed by atoms with Crippen LogP contribution in [0.3, 0.4) is 0 Å². The van der Waals surface area contributed by atoms with E-state index in [0.29, 0.717) is 18.5 Å². The summed E-state index contributed by atoms with van der Waals surface area (Å²) in [7, 11) is 0. The summed E-state index contributed by atoms with van der Waals surface area (Å²) in [5, 5.41) is 5.82. The highest BCUT2D eigenvalue weighted by Gasteiger charge is 2.56. The summed E-state index contributed by atoms with van der Waals surface area (Å²) in [4.78, 5) is 27.7. The van der Waals surface area contributed by atoms with Gasteiger partial charge in [0, 0.05) is 30.2 Å². The minimum atomic E-state index is -0.959. The first-order valence-corrected chi connectivity index (χ1v) is 9.53. The first-order valence-electron chi connectivity index (χ1n) is 9.53. The van der Waals surface area contributed by atoms with Gasteiger partial charge in [-0.3, -0.25) is 9.59 Å². The zero-order chi connectivity index (χ0) is 19.4. The Hall–Kier alpha value is -2.82. The summed E-state index contributed by atoms with van der Waals surface area (Å²) in [5.41, 5.74) is 2.61. The standard InChI is InChI=1S/C22H27N3O2/c1-4-25(5-2)18-12-10-17(11-13-18)23-20(26)22(14-15-22)21(27)24-19-9-7-6-8-16(19)3/h6-13H,4-5,14-15H2,1-3H3,(H,23,26)(H,24,27). The Bertz CT molecular complexity index is 822. The van der Waals surface area contributed by atoms with Gasteiger partial charge in [-0.15, -0.1) is 0 Å². The van der Waals surface area contributed by atoms with Crippen LogP contribution in [0.2, 0.25) is 0 Å². The SMILES string of the molecule is CCN(CC)c1ccc(NC(=O)C2(C(=O)Nc3ccccc3C)CC2)cc1. The van der Waals surface area contributed by atoms with E-state index in [1.165, 1.54) is 0 Å². The van der Waals surface area contributed by atoms with Gasteiger partial charge < -0.3 is 15.5 Å². The molecular formula is C22H27N3O2. The molecule has 1 saturated carbocycles. The molecule has 0 saturated heterocycles. The van der Waals surface area contributed by atoms with Crippen LogP contribution in [-0.2, 0) is 9.59 Å². The number of hydrogen-bond acceptors (Lipinski definition) is 3. The quantitative estimate of drug-likeness (QED) is 0.723. The van der Waals surface area contributed by atoms with Crippen molar-refractivity contribution in [3.05, 3.63) is 54.1 Å². The third kappa shape index (κ3) is 3.97. The second kappa shape index (κ2) is 7.82. The van der Waals surface area contributed by atoms with Gasteiger partial charge in [0.1, 0.15) is 5.41 Å². The molecule has 0 aliphatic heterocycles. The van der Waals surface area contributed by atoms with Crippen LogP contribution in [0.4, 0.5) is 17.1 Å². The molecule has 2 aromatic carbocycles. The van der Waals surface area contributed by atoms with E-state index in [0.717, 1.165) is 30.0 Å². The van der Waals surface area contributed by atoms with E-state index in [1.807, 2.05) is 55.5 Å². The molecule has 0 aromatic heterocycles. The minimum absolute atomic E-state index is 0.228. The number of hydrogen-bond donors (Lipinski definition) is 2. The van der Waals surface area contributed by atoms with Crippen LogP contribution in [0.5, 0.6) is 0 Å². The normalized spacial score (nSPS) is 14.3. The molecule has 2 amide bonds. The van der Waals surface area contributed by atoms with Gasteiger partial charge in [-0.2, -0.15) is 0 Å². The Morgan fingerprint density at radius 3 is 2.07 bits per heavy atom. The molecule has 2 N–H and O–H groups in total. The van der Waals surface area contributed by atoms with Gasteiger partial charge >= 0.3 is 0 Å². The Labute approximate surface area is 160 Å². The molecule has 1 aliphatic rings. The number of anilines is 3. The summed E-state index contributed by atoms with van der Waals surface area (Å²) in [6, 6.07) is 15.4. The largest absolute Gasteiger partial charge is 0.372 e. The van der Waals surface area contributed by atoms with Crippen molar-refractivity contribution in [2.45, 2.75) is 33.6 Å². The van der Waals surface area contributed by atoms with Gasteiger partial charge in [-0.25, -0.2) is 0 Å². The van der Waals surface area contributed by atoms with Crippen molar-refractivity contribution < 1.29 is 9.59 Å². The van der Waals surface area contributed by atoms with Crippen molar-refractivity contribution in [2.75, 3.05) is 28.6 Å². The number of nitrogens with one attached hydrogen (secondary N) is 2. The second-order valence-electron chi connectivity index (χ2n) is 7.02. The molecule has 142 valence electrons. The number of benzene rings is 2. The fraction of sp³-hybridized carbons (Fsp3) is 0.364. The summed E-state index contributed by atoms with van der Waals surface area (Å²) in [6.07, 6.45) is 1.15. The van der Waals surface area contributed by atoms with Gasteiger partial charge in [0.05, 0.1) is 0 Å². The first kappa shape index (κ1) is 19.0. The third-order valence-electron chi connectivity index (χ3n) is 5.27. The lowest BCUT2D eigenvalue weighted by molar-refractivity contribution is -0.131. The molecule has 2 aromatic rings. The van der Waals surface area contributed by atoms with E-state index >= 15 is 0 Å². The van der Waals surface area contributed by atoms with Crippen molar-refractivity contribution in [3.63, 3.8) is 0 Å². The lowest BCUT2D eigenvalue weighted by Gasteiger charge is -2.21. The fourth-order valence-corrected chi connectivity index (χ4v) is 3.23. The first-order chi connectivity index (χ1) is 13.0. The smallest absolute Gasteiger partial charge is 0.240 e. The molecule has 0 heterocycles. The zero-order valence-electron chi connectivity index (χ0n) is 16.2. The number of amides is 2. The van der Waals surface area contributed by atoms with Crippen molar-refractivity contribution >= 4 is 28.9 Å². The number of carbonyl (C=O) groups is 2. The van der Waals surface area contributed by atoms with E-state index < -0.39 is 5.41 Å². The van der Waals surface area contributed by atoms with Crippen LogP contribution in [0, 0.1) is 12.3 Å². The second-order valence-corrected chi connectivity index (χ2v) is 7.02. The van der Waals surface area contributed by atoms with E-state index in [1.54, 1.807) is 0 Å². The summed E-state index contributed by atoms with van der Waals surface area (Å²) < 4.78 is 0. The maximum Gasteiger partial charge on any atom is 0.240 e. The summed E-state index contributed by atoms with van der Waals surface area (Å²) >= 11 is 0. The molecule has 5 heteroatoms. The molecule has 0 bridgehead atoms. The number of rotatable bonds is 7. The molecular weight excluding hydrogens is 338 g/mol. The Morgan fingerprint density at radius 2 is 1.52 bits per heavy atom. The van der Waals surface area contributed by atoms with Crippen LogP contribution in [0.1, 0.15) is 32.3 Å². The van der Waals surface area contributed by atoms with E-state index in [9.17, 15) is 9.59 Å². The topological polar surface area (TPSA) is 61.4 Å². The van der Waals surface area contributed by atoms with E-state index in [4.69, 9.17) is 0 Å². The van der Waals surface area contributed by atoms with Crippen LogP contribution in [0.15, 0.2) is 48.5 Å². The molecule has 0 radical (unpaired) electrons. The van der Waals surface area contributed by atoms with Crippen LogP contribution in [-0.4, -0.2) is 24.9 Å². The number of carbonyl (C=O) groups excluding carboxylic acids is 2. The Kier molecular flexibility index (Phi) is 5.49. The summed E-state index contributed by atoms with van der Waals surface area (Å²) in [6.45, 7) is 8.04. The average Bonchev–Trinajstić information content (AvgIpc) is 3.48. The average molecular weight is 365 g/mol. The zero-order valence-corrected chi connectivity index (χ0v) is 16.2. The lowest BCUT2D eigenvalue weighted by atomic mass is 10.0. The number of aryl methyl sites for hydroxylation is 1. The van der Waals surface area contributed by atoms with Crippen LogP contribution in [0.25, 0.3) is 0 Å². The van der Waals surface area contributed by atoms with Crippen molar-refractivity contribution in [3.8, 4) is 0 Å². The molecule has 5 nitrogen and oxygen atoms in total. The van der Waals surface area contributed by atoms with Crippen LogP contribution >= 0.6 is 0 Å². The van der Waals surface area contributed by atoms with E-state index in [2.05, 4.69) is 29.4 Å². The highest BCUT2D eigenvalue weighted by molar-refractivity contribution is 6.17. The molecule has 0 unspecified atom stereocenters. The maximum atomic E-state index is 12.8. The molecule has 1 aliphatic carbocycles. The number of nitrogens with zero attached hydrogens (tertiary/aromatic N) is 1. The van der Waals surface area contributed by atoms with Gasteiger partial charge in [0.15, 0.2) is 0 Å². The Balaban J connectivity index is 1.66. The van der Waals surface area contributed by atoms with Crippen molar-refractivity contribution in [1.82, 2.24) is 0 Å². The van der Waals surface area contributed by atoms with Gasteiger partial charge in [-0.1, -0.05) is 18.2 Å². The maximum absolute atomic E-state index is 12.8. The lowest BCUT2D eigenvalue weighted by Crippen LogP contribution is -2.35. The van der Waals surface area contributed by atoms with Gasteiger partial charge in [-0.05, 0) is 69.5 Å². The molecule has 1 fully saturated rings. The highest BCUT2D eigenvalue weighted by atomic mass is 16.2. The highest BCUT2D eigenvalue weighted by Crippen LogP contribution is 2.47. The van der Waals surface area contributed by atoms with Crippen LogP contribution < -0.4 is 15.5 Å².